The highest BCUT2D eigenvalue weighted by molar-refractivity contribution is 7.98. The molecule has 34 heavy (non-hydrogen) atoms. The number of amides is 3. The highest BCUT2D eigenvalue weighted by atomic mass is 32.2. The number of rotatable bonds is 19. The Morgan fingerprint density at radius 1 is 1.03 bits per heavy atom. The lowest BCUT2D eigenvalue weighted by Crippen LogP contribution is -2.56. The van der Waals surface area contributed by atoms with Gasteiger partial charge in [-0.25, -0.2) is 15.6 Å². The Morgan fingerprint density at radius 3 is 2.24 bits per heavy atom. The molecule has 13 nitrogen and oxygen atoms in total. The molecular weight excluding hydrogens is 464 g/mol. The van der Waals surface area contributed by atoms with Crippen LogP contribution in [0.3, 0.4) is 0 Å². The molecule has 12 N–H and O–H groups in total. The number of imide groups is 1. The molecule has 3 atom stereocenters. The number of hydrogen-bond acceptors (Lipinski definition) is 12. The van der Waals surface area contributed by atoms with Crippen LogP contribution in [0.2, 0.25) is 0 Å². The molecule has 3 amide bonds. The summed E-state index contributed by atoms with van der Waals surface area (Å²) in [5.74, 6) is -0.901. The van der Waals surface area contributed by atoms with Crippen LogP contribution in [0.15, 0.2) is 12.2 Å². The number of ether oxygens (including phenoxy) is 1. The monoisotopic (exact) mass is 504 g/mol. The quantitative estimate of drug-likeness (QED) is 0.0418. The Labute approximate surface area is 204 Å². The van der Waals surface area contributed by atoms with E-state index in [0.29, 0.717) is 19.4 Å². The zero-order chi connectivity index (χ0) is 26.1. The average molecular weight is 505 g/mol. The van der Waals surface area contributed by atoms with Crippen molar-refractivity contribution in [2.45, 2.75) is 63.4 Å². The minimum atomic E-state index is -0.928. The summed E-state index contributed by atoms with van der Waals surface area (Å²) in [6.45, 7) is 5.92. The number of hydrogen-bond donors (Lipinski definition) is 8. The molecule has 0 aliphatic rings. The lowest BCUT2D eigenvalue weighted by molar-refractivity contribution is -0.124. The number of thioether (sulfide) groups is 1. The minimum Gasteiger partial charge on any atom is -0.450 e. The number of Topliss-reactive ketones (excluding diaryl/α,β-unsaturated/α-hetero) is 1. The highest BCUT2D eigenvalue weighted by Crippen LogP contribution is 2.12. The molecule has 0 aromatic heterocycles. The molecule has 0 saturated heterocycles. The third kappa shape index (κ3) is 14.2. The summed E-state index contributed by atoms with van der Waals surface area (Å²) in [7, 11) is 0. The molecule has 0 aromatic carbocycles. The van der Waals surface area contributed by atoms with Gasteiger partial charge in [-0.15, -0.1) is 0 Å². The third-order valence-corrected chi connectivity index (χ3v) is 5.34. The van der Waals surface area contributed by atoms with E-state index >= 15 is 0 Å². The Bertz CT molecular complexity index is 679. The molecule has 196 valence electrons. The van der Waals surface area contributed by atoms with Gasteiger partial charge in [0.25, 0.3) is 0 Å². The molecule has 14 heteroatoms. The van der Waals surface area contributed by atoms with Gasteiger partial charge < -0.3 is 27.7 Å². The molecule has 0 bridgehead atoms. The molecule has 0 fully saturated rings. The zero-order valence-corrected chi connectivity index (χ0v) is 20.7. The van der Waals surface area contributed by atoms with Crippen LogP contribution in [-0.2, 0) is 19.1 Å². The van der Waals surface area contributed by atoms with E-state index in [1.165, 1.54) is 0 Å². The van der Waals surface area contributed by atoms with Gasteiger partial charge in [-0.05, 0) is 51.2 Å². The minimum absolute atomic E-state index is 0.0607. The second-order valence-electron chi connectivity index (χ2n) is 7.51. The van der Waals surface area contributed by atoms with E-state index in [9.17, 15) is 19.2 Å². The van der Waals surface area contributed by atoms with Crippen molar-refractivity contribution >= 4 is 35.5 Å². The number of nitrogens with two attached hydrogens (primary N) is 4. The predicted molar refractivity (Wildman–Crippen MR) is 132 cm³/mol. The molecule has 0 rings (SSSR count). The second kappa shape index (κ2) is 18.3. The van der Waals surface area contributed by atoms with Gasteiger partial charge in [-0.3, -0.25) is 25.0 Å². The molecule has 0 heterocycles. The summed E-state index contributed by atoms with van der Waals surface area (Å²) in [5, 5.41) is 4.94. The first kappa shape index (κ1) is 31.9. The van der Waals surface area contributed by atoms with Crippen molar-refractivity contribution in [3.05, 3.63) is 12.2 Å². The van der Waals surface area contributed by atoms with Crippen LogP contribution in [0.5, 0.6) is 0 Å². The molecular formula is C20H40N8O5S. The molecule has 0 aliphatic carbocycles. The number of carbonyl (C=O) groups excluding carboxylic acids is 4. The van der Waals surface area contributed by atoms with Gasteiger partial charge in [0.05, 0.1) is 12.6 Å². The largest absolute Gasteiger partial charge is 0.450 e. The van der Waals surface area contributed by atoms with E-state index in [1.807, 2.05) is 6.26 Å². The smallest absolute Gasteiger partial charge is 0.413 e. The van der Waals surface area contributed by atoms with E-state index in [2.05, 4.69) is 28.1 Å². The maximum absolute atomic E-state index is 13.0. The first-order valence-electron chi connectivity index (χ1n) is 11.0. The Balaban J connectivity index is 5.32. The van der Waals surface area contributed by atoms with Gasteiger partial charge in [0.1, 0.15) is 12.3 Å². The molecule has 0 saturated carbocycles. The Morgan fingerprint density at radius 2 is 1.68 bits per heavy atom. The van der Waals surface area contributed by atoms with Crippen molar-refractivity contribution in [1.82, 2.24) is 21.5 Å². The van der Waals surface area contributed by atoms with Crippen LogP contribution < -0.4 is 44.4 Å². The number of hydrazine groups is 1. The van der Waals surface area contributed by atoms with Crippen molar-refractivity contribution in [2.75, 3.05) is 25.2 Å². The first-order valence-corrected chi connectivity index (χ1v) is 12.4. The normalized spacial score (nSPS) is 13.7. The standard InChI is InChI=1S/C20H40N8O5S/c1-4-33-20(32)26-18(31)15(6-5-10-25-19(23)24)28-27-14(7-8-16(22)29)17(30)12(2)13(21)9-11-34-3/h13-15,19,25,27-28H,2,4-11,21,23-24H2,1,3H3,(H2,22,29)(H,26,31,32)/t13-,14-,15-/m0/s1. The van der Waals surface area contributed by atoms with E-state index in [-0.39, 0.29) is 31.4 Å². The summed E-state index contributed by atoms with van der Waals surface area (Å²) in [6.07, 6.45) is 1.59. The van der Waals surface area contributed by atoms with Crippen LogP contribution in [0.1, 0.15) is 39.0 Å². The van der Waals surface area contributed by atoms with E-state index in [1.54, 1.807) is 18.7 Å². The zero-order valence-electron chi connectivity index (χ0n) is 19.9. The highest BCUT2D eigenvalue weighted by Gasteiger charge is 2.27. The van der Waals surface area contributed by atoms with Crippen LogP contribution in [-0.4, -0.2) is 73.3 Å². The van der Waals surface area contributed by atoms with Gasteiger partial charge in [0.2, 0.25) is 11.8 Å². The Hall–Kier alpha value is -2.07. The van der Waals surface area contributed by atoms with Crippen LogP contribution in [0, 0.1) is 0 Å². The molecule has 0 unspecified atom stereocenters. The van der Waals surface area contributed by atoms with Crippen LogP contribution >= 0.6 is 11.8 Å². The average Bonchev–Trinajstić information content (AvgIpc) is 2.77. The van der Waals surface area contributed by atoms with Gasteiger partial charge in [-0.1, -0.05) is 6.58 Å². The predicted octanol–water partition coefficient (Wildman–Crippen LogP) is -1.87. The number of nitrogens with one attached hydrogen (secondary N) is 4. The number of ketones is 1. The number of primary amides is 1. The summed E-state index contributed by atoms with van der Waals surface area (Å²) in [6, 6.07) is -2.40. The fraction of sp³-hybridized carbons (Fsp3) is 0.700. The van der Waals surface area contributed by atoms with Gasteiger partial charge in [-0.2, -0.15) is 11.8 Å². The van der Waals surface area contributed by atoms with Crippen molar-refractivity contribution in [3.8, 4) is 0 Å². The van der Waals surface area contributed by atoms with Gasteiger partial charge in [0, 0.05) is 18.0 Å². The number of alkyl carbamates (subject to hydrolysis) is 1. The van der Waals surface area contributed by atoms with Crippen LogP contribution in [0.25, 0.3) is 0 Å². The van der Waals surface area contributed by atoms with Gasteiger partial charge in [0.15, 0.2) is 5.78 Å². The first-order chi connectivity index (χ1) is 16.0. The second-order valence-corrected chi connectivity index (χ2v) is 8.49. The summed E-state index contributed by atoms with van der Waals surface area (Å²) in [5.41, 5.74) is 28.0. The maximum Gasteiger partial charge on any atom is 0.413 e. The fourth-order valence-electron chi connectivity index (χ4n) is 2.78. The fourth-order valence-corrected chi connectivity index (χ4v) is 3.27. The van der Waals surface area contributed by atoms with Crippen molar-refractivity contribution in [3.63, 3.8) is 0 Å². The molecule has 0 radical (unpaired) electrons. The van der Waals surface area contributed by atoms with Crippen LogP contribution in [0.4, 0.5) is 4.79 Å². The van der Waals surface area contributed by atoms with E-state index < -0.39 is 48.1 Å². The summed E-state index contributed by atoms with van der Waals surface area (Å²) in [4.78, 5) is 48.5. The molecule has 0 aliphatic heterocycles. The summed E-state index contributed by atoms with van der Waals surface area (Å²) >= 11 is 1.59. The van der Waals surface area contributed by atoms with Gasteiger partial charge >= 0.3 is 6.09 Å². The topological polar surface area (TPSA) is 230 Å². The summed E-state index contributed by atoms with van der Waals surface area (Å²) < 4.78 is 4.74. The number of carbonyl (C=O) groups is 4. The van der Waals surface area contributed by atoms with Crippen molar-refractivity contribution < 1.29 is 23.9 Å². The Kier molecular flexibility index (Phi) is 17.2. The van der Waals surface area contributed by atoms with E-state index in [0.717, 1.165) is 5.75 Å². The lowest BCUT2D eigenvalue weighted by Gasteiger charge is -2.25. The van der Waals surface area contributed by atoms with Crippen molar-refractivity contribution in [2.24, 2.45) is 22.9 Å². The SMILES string of the molecule is C=C(C(=O)[C@H](CCC(N)=O)NN[C@@H](CCCNC(N)N)C(=O)NC(=O)OCC)[C@@H](N)CCSC. The van der Waals surface area contributed by atoms with E-state index in [4.69, 9.17) is 27.7 Å². The van der Waals surface area contributed by atoms with Crippen molar-refractivity contribution in [1.29, 1.82) is 0 Å². The molecule has 0 spiro atoms. The maximum atomic E-state index is 13.0. The molecule has 0 aromatic rings. The third-order valence-electron chi connectivity index (χ3n) is 4.69. The lowest BCUT2D eigenvalue weighted by atomic mass is 9.95.